The molecule has 0 aliphatic heterocycles. The maximum Gasteiger partial charge on any atom is 0.151 e. The molecule has 0 aromatic carbocycles. The minimum absolute atomic E-state index is 0.0506. The van der Waals surface area contributed by atoms with Crippen molar-refractivity contribution in [2.24, 2.45) is 5.92 Å². The number of Topliss-reactive ketones (excluding diaryl/α,β-unsaturated/α-hetero) is 1. The predicted octanol–water partition coefficient (Wildman–Crippen LogP) is 3.46. The monoisotopic (exact) mass is 263 g/mol. The Kier molecular flexibility index (Phi) is 4.81. The van der Waals surface area contributed by atoms with E-state index in [1.165, 1.54) is 5.56 Å². The Morgan fingerprint density at radius 1 is 1.56 bits per heavy atom. The number of ketones is 1. The molecule has 0 saturated carbocycles. The van der Waals surface area contributed by atoms with Crippen LogP contribution in [-0.4, -0.2) is 22.3 Å². The normalized spacial score (nSPS) is 18.7. The van der Waals surface area contributed by atoms with E-state index >= 15 is 0 Å². The second kappa shape index (κ2) is 6.37. The summed E-state index contributed by atoms with van der Waals surface area (Å²) in [6.45, 7) is 4.38. The summed E-state index contributed by atoms with van der Waals surface area (Å²) in [7, 11) is 0. The second-order valence-electron chi connectivity index (χ2n) is 5.37. The minimum Gasteiger partial charge on any atom is -0.298 e. The number of fused-ring (bicyclic) bond motifs is 1. The highest BCUT2D eigenvalue weighted by molar-refractivity contribution is 7.99. The molecule has 2 nitrogen and oxygen atoms in total. The molecular formula is C15H21NOS. The van der Waals surface area contributed by atoms with Crippen molar-refractivity contribution >= 4 is 17.5 Å². The number of hydrogen-bond acceptors (Lipinski definition) is 3. The SMILES string of the molecule is CC(C)CSCC(=O)C1CCCc2cccnc21. The Bertz CT molecular complexity index is 417. The van der Waals surface area contributed by atoms with E-state index in [0.717, 1.165) is 30.7 Å². The fourth-order valence-electron chi connectivity index (χ4n) is 2.42. The fraction of sp³-hybridized carbons (Fsp3) is 0.600. The van der Waals surface area contributed by atoms with Crippen molar-refractivity contribution in [3.8, 4) is 0 Å². The maximum absolute atomic E-state index is 12.3. The van der Waals surface area contributed by atoms with Crippen LogP contribution in [0.2, 0.25) is 0 Å². The van der Waals surface area contributed by atoms with E-state index in [9.17, 15) is 4.79 Å². The molecule has 0 N–H and O–H groups in total. The summed E-state index contributed by atoms with van der Waals surface area (Å²) in [6.07, 6.45) is 4.98. The lowest BCUT2D eigenvalue weighted by Gasteiger charge is -2.23. The highest BCUT2D eigenvalue weighted by Gasteiger charge is 2.27. The molecule has 3 heteroatoms. The first kappa shape index (κ1) is 13.6. The van der Waals surface area contributed by atoms with Crippen molar-refractivity contribution in [3.63, 3.8) is 0 Å². The van der Waals surface area contributed by atoms with E-state index in [0.29, 0.717) is 17.5 Å². The van der Waals surface area contributed by atoms with Gasteiger partial charge in [-0.15, -0.1) is 0 Å². The van der Waals surface area contributed by atoms with Crippen LogP contribution in [0.15, 0.2) is 18.3 Å². The molecule has 2 rings (SSSR count). The van der Waals surface area contributed by atoms with Crippen LogP contribution in [0.1, 0.15) is 43.9 Å². The van der Waals surface area contributed by atoms with Crippen LogP contribution in [0.25, 0.3) is 0 Å². The first-order valence-electron chi connectivity index (χ1n) is 6.72. The van der Waals surface area contributed by atoms with Gasteiger partial charge in [-0.25, -0.2) is 0 Å². The largest absolute Gasteiger partial charge is 0.298 e. The molecule has 1 atom stereocenters. The molecular weight excluding hydrogens is 242 g/mol. The van der Waals surface area contributed by atoms with Crippen molar-refractivity contribution < 1.29 is 4.79 Å². The summed E-state index contributed by atoms with van der Waals surface area (Å²) in [5.74, 6) is 2.77. The first-order chi connectivity index (χ1) is 8.68. The van der Waals surface area contributed by atoms with Crippen LogP contribution in [0.4, 0.5) is 0 Å². The zero-order chi connectivity index (χ0) is 13.0. The van der Waals surface area contributed by atoms with Crippen LogP contribution in [-0.2, 0) is 11.2 Å². The fourth-order valence-corrected chi connectivity index (χ4v) is 3.41. The number of carbonyl (C=O) groups excluding carboxylic acids is 1. The van der Waals surface area contributed by atoms with Crippen molar-refractivity contribution in [2.45, 2.75) is 39.0 Å². The van der Waals surface area contributed by atoms with Crippen molar-refractivity contribution in [1.82, 2.24) is 4.98 Å². The Morgan fingerprint density at radius 2 is 2.39 bits per heavy atom. The Balaban J connectivity index is 1.99. The highest BCUT2D eigenvalue weighted by Crippen LogP contribution is 2.31. The van der Waals surface area contributed by atoms with Crippen LogP contribution in [0.5, 0.6) is 0 Å². The minimum atomic E-state index is 0.0506. The van der Waals surface area contributed by atoms with Gasteiger partial charge in [-0.05, 0) is 42.6 Å². The Hall–Kier alpha value is -0.830. The lowest BCUT2D eigenvalue weighted by molar-refractivity contribution is -0.118. The number of hydrogen-bond donors (Lipinski definition) is 0. The lowest BCUT2D eigenvalue weighted by atomic mass is 9.84. The van der Waals surface area contributed by atoms with Gasteiger partial charge in [0.2, 0.25) is 0 Å². The van der Waals surface area contributed by atoms with Gasteiger partial charge in [-0.1, -0.05) is 19.9 Å². The maximum atomic E-state index is 12.3. The first-order valence-corrected chi connectivity index (χ1v) is 7.88. The van der Waals surface area contributed by atoms with E-state index in [4.69, 9.17) is 0 Å². The van der Waals surface area contributed by atoms with E-state index in [1.807, 2.05) is 12.3 Å². The van der Waals surface area contributed by atoms with Gasteiger partial charge in [-0.3, -0.25) is 9.78 Å². The predicted molar refractivity (Wildman–Crippen MR) is 77.1 cm³/mol. The molecule has 1 aromatic heterocycles. The average Bonchev–Trinajstić information content (AvgIpc) is 2.37. The van der Waals surface area contributed by atoms with Crippen molar-refractivity contribution in [2.75, 3.05) is 11.5 Å². The summed E-state index contributed by atoms with van der Waals surface area (Å²) in [5, 5.41) is 0. The van der Waals surface area contributed by atoms with E-state index in [-0.39, 0.29) is 5.92 Å². The molecule has 0 fully saturated rings. The molecule has 0 bridgehead atoms. The standard InChI is InChI=1S/C15H21NOS/c1-11(2)9-18-10-14(17)13-7-3-5-12-6-4-8-16-15(12)13/h4,6,8,11,13H,3,5,7,9-10H2,1-2H3. The van der Waals surface area contributed by atoms with Crippen LogP contribution in [0, 0.1) is 5.92 Å². The van der Waals surface area contributed by atoms with Gasteiger partial charge in [0, 0.05) is 6.20 Å². The topological polar surface area (TPSA) is 30.0 Å². The molecule has 0 amide bonds. The van der Waals surface area contributed by atoms with Gasteiger partial charge in [0.15, 0.2) is 5.78 Å². The third-order valence-electron chi connectivity index (χ3n) is 3.28. The molecule has 18 heavy (non-hydrogen) atoms. The third kappa shape index (κ3) is 3.35. The lowest BCUT2D eigenvalue weighted by Crippen LogP contribution is -2.21. The van der Waals surface area contributed by atoms with Gasteiger partial charge in [0.25, 0.3) is 0 Å². The third-order valence-corrected chi connectivity index (χ3v) is 4.67. The number of thioether (sulfide) groups is 1. The quantitative estimate of drug-likeness (QED) is 0.815. The van der Waals surface area contributed by atoms with Gasteiger partial charge in [0.05, 0.1) is 17.4 Å². The Morgan fingerprint density at radius 3 is 3.17 bits per heavy atom. The molecule has 1 heterocycles. The van der Waals surface area contributed by atoms with Gasteiger partial charge < -0.3 is 0 Å². The number of aryl methyl sites for hydroxylation is 1. The summed E-state index contributed by atoms with van der Waals surface area (Å²) < 4.78 is 0. The smallest absolute Gasteiger partial charge is 0.151 e. The highest BCUT2D eigenvalue weighted by atomic mass is 32.2. The van der Waals surface area contributed by atoms with Crippen LogP contribution in [0.3, 0.4) is 0 Å². The summed E-state index contributed by atoms with van der Waals surface area (Å²) in [6, 6.07) is 4.09. The van der Waals surface area contributed by atoms with Crippen molar-refractivity contribution in [1.29, 1.82) is 0 Å². The zero-order valence-corrected chi connectivity index (χ0v) is 12.0. The summed E-state index contributed by atoms with van der Waals surface area (Å²) >= 11 is 1.76. The summed E-state index contributed by atoms with van der Waals surface area (Å²) in [4.78, 5) is 16.7. The molecule has 0 radical (unpaired) electrons. The van der Waals surface area contributed by atoms with Crippen molar-refractivity contribution in [3.05, 3.63) is 29.6 Å². The molecule has 0 spiro atoms. The molecule has 98 valence electrons. The second-order valence-corrected chi connectivity index (χ2v) is 6.40. The number of aromatic nitrogens is 1. The summed E-state index contributed by atoms with van der Waals surface area (Å²) in [5.41, 5.74) is 2.31. The molecule has 1 aromatic rings. The van der Waals surface area contributed by atoms with E-state index in [2.05, 4.69) is 24.9 Å². The molecule has 0 saturated heterocycles. The zero-order valence-electron chi connectivity index (χ0n) is 11.2. The number of nitrogens with zero attached hydrogens (tertiary/aromatic N) is 1. The number of rotatable bonds is 5. The molecule has 1 aliphatic carbocycles. The Labute approximate surface area is 114 Å². The van der Waals surface area contributed by atoms with E-state index < -0.39 is 0 Å². The average molecular weight is 263 g/mol. The van der Waals surface area contributed by atoms with Gasteiger partial charge >= 0.3 is 0 Å². The van der Waals surface area contributed by atoms with E-state index in [1.54, 1.807) is 11.8 Å². The van der Waals surface area contributed by atoms with Gasteiger partial charge in [-0.2, -0.15) is 11.8 Å². The molecule has 1 unspecified atom stereocenters. The number of pyridine rings is 1. The number of carbonyl (C=O) groups is 1. The molecule has 1 aliphatic rings. The van der Waals surface area contributed by atoms with Crippen LogP contribution < -0.4 is 0 Å². The van der Waals surface area contributed by atoms with Crippen LogP contribution >= 0.6 is 11.8 Å². The van der Waals surface area contributed by atoms with Gasteiger partial charge in [0.1, 0.15) is 0 Å².